The van der Waals surface area contributed by atoms with E-state index in [2.05, 4.69) is 27.3 Å². The number of aliphatic hydroxyl groups is 1. The fraction of sp³-hybridized carbons (Fsp3) is 0.583. The number of aliphatic hydroxyl groups excluding tert-OH is 1. The van der Waals surface area contributed by atoms with Crippen molar-refractivity contribution >= 4 is 0 Å². The molecular formula is C12H19N3O. The first-order chi connectivity index (χ1) is 7.88. The van der Waals surface area contributed by atoms with Crippen LogP contribution in [0.4, 0.5) is 0 Å². The molecule has 1 saturated heterocycles. The SMILES string of the molecule is OCCC1CN(Cc2ccncc2)CCN1. The van der Waals surface area contributed by atoms with Crippen LogP contribution in [0.15, 0.2) is 24.5 Å². The van der Waals surface area contributed by atoms with Crippen LogP contribution in [0.5, 0.6) is 0 Å². The number of piperazine rings is 1. The van der Waals surface area contributed by atoms with Crippen molar-refractivity contribution in [3.8, 4) is 0 Å². The van der Waals surface area contributed by atoms with Gasteiger partial charge in [0.1, 0.15) is 0 Å². The summed E-state index contributed by atoms with van der Waals surface area (Å²) in [5, 5.41) is 12.3. The Morgan fingerprint density at radius 2 is 2.25 bits per heavy atom. The first kappa shape index (κ1) is 11.5. The van der Waals surface area contributed by atoms with Gasteiger partial charge in [-0.1, -0.05) is 0 Å². The summed E-state index contributed by atoms with van der Waals surface area (Å²) >= 11 is 0. The first-order valence-corrected chi connectivity index (χ1v) is 5.84. The fourth-order valence-electron chi connectivity index (χ4n) is 2.13. The highest BCUT2D eigenvalue weighted by Gasteiger charge is 2.18. The van der Waals surface area contributed by atoms with E-state index in [0.29, 0.717) is 6.04 Å². The van der Waals surface area contributed by atoms with Gasteiger partial charge in [-0.2, -0.15) is 0 Å². The van der Waals surface area contributed by atoms with Gasteiger partial charge < -0.3 is 10.4 Å². The Kier molecular flexibility index (Phi) is 4.27. The Morgan fingerprint density at radius 3 is 3.00 bits per heavy atom. The van der Waals surface area contributed by atoms with E-state index < -0.39 is 0 Å². The molecule has 1 aromatic rings. The van der Waals surface area contributed by atoms with Crippen molar-refractivity contribution in [2.75, 3.05) is 26.2 Å². The topological polar surface area (TPSA) is 48.4 Å². The molecule has 0 aromatic carbocycles. The molecule has 1 aliphatic heterocycles. The van der Waals surface area contributed by atoms with Crippen LogP contribution in [0, 0.1) is 0 Å². The molecule has 0 spiro atoms. The quantitative estimate of drug-likeness (QED) is 0.764. The van der Waals surface area contributed by atoms with E-state index in [0.717, 1.165) is 32.6 Å². The number of rotatable bonds is 4. The molecule has 1 unspecified atom stereocenters. The minimum absolute atomic E-state index is 0.265. The van der Waals surface area contributed by atoms with Crippen LogP contribution < -0.4 is 5.32 Å². The summed E-state index contributed by atoms with van der Waals surface area (Å²) < 4.78 is 0. The molecule has 2 N–H and O–H groups in total. The van der Waals surface area contributed by atoms with Crippen LogP contribution in [-0.2, 0) is 6.54 Å². The summed E-state index contributed by atoms with van der Waals surface area (Å²) in [6.45, 7) is 4.34. The third kappa shape index (κ3) is 3.27. The van der Waals surface area contributed by atoms with Crippen LogP contribution in [0.25, 0.3) is 0 Å². The molecule has 88 valence electrons. The highest BCUT2D eigenvalue weighted by atomic mass is 16.3. The maximum Gasteiger partial charge on any atom is 0.0446 e. The van der Waals surface area contributed by atoms with Crippen molar-refractivity contribution in [3.05, 3.63) is 30.1 Å². The maximum atomic E-state index is 8.93. The average molecular weight is 221 g/mol. The number of hydrogen-bond acceptors (Lipinski definition) is 4. The summed E-state index contributed by atoms with van der Waals surface area (Å²) in [5.74, 6) is 0. The lowest BCUT2D eigenvalue weighted by molar-refractivity contribution is 0.168. The number of pyridine rings is 1. The Balaban J connectivity index is 1.85. The molecule has 2 rings (SSSR count). The highest BCUT2D eigenvalue weighted by molar-refractivity contribution is 5.09. The Labute approximate surface area is 96.3 Å². The van der Waals surface area contributed by atoms with Crippen molar-refractivity contribution in [3.63, 3.8) is 0 Å². The van der Waals surface area contributed by atoms with E-state index in [1.807, 2.05) is 12.4 Å². The number of aromatic nitrogens is 1. The predicted octanol–water partition coefficient (Wildman–Crippen LogP) is 0.238. The Morgan fingerprint density at radius 1 is 1.44 bits per heavy atom. The molecule has 2 heterocycles. The number of nitrogens with zero attached hydrogens (tertiary/aromatic N) is 2. The first-order valence-electron chi connectivity index (χ1n) is 5.84. The van der Waals surface area contributed by atoms with Gasteiger partial charge in [0.2, 0.25) is 0 Å². The molecular weight excluding hydrogens is 202 g/mol. The molecule has 0 bridgehead atoms. The Hall–Kier alpha value is -0.970. The Bertz CT molecular complexity index is 302. The zero-order valence-corrected chi connectivity index (χ0v) is 9.47. The zero-order valence-electron chi connectivity index (χ0n) is 9.47. The minimum atomic E-state index is 0.265. The molecule has 0 radical (unpaired) electrons. The molecule has 1 atom stereocenters. The summed E-state index contributed by atoms with van der Waals surface area (Å²) in [4.78, 5) is 6.44. The molecule has 0 saturated carbocycles. The maximum absolute atomic E-state index is 8.93. The van der Waals surface area contributed by atoms with Crippen molar-refractivity contribution in [2.45, 2.75) is 19.0 Å². The van der Waals surface area contributed by atoms with Crippen molar-refractivity contribution in [1.82, 2.24) is 15.2 Å². The largest absolute Gasteiger partial charge is 0.396 e. The zero-order chi connectivity index (χ0) is 11.2. The summed E-state index contributed by atoms with van der Waals surface area (Å²) in [6.07, 6.45) is 4.51. The minimum Gasteiger partial charge on any atom is -0.396 e. The summed E-state index contributed by atoms with van der Waals surface area (Å²) in [7, 11) is 0. The predicted molar refractivity (Wildman–Crippen MR) is 63.0 cm³/mol. The summed E-state index contributed by atoms with van der Waals surface area (Å²) in [6, 6.07) is 4.55. The van der Waals surface area contributed by atoms with Gasteiger partial charge in [0, 0.05) is 51.2 Å². The van der Waals surface area contributed by atoms with E-state index in [4.69, 9.17) is 5.11 Å². The normalized spacial score (nSPS) is 22.2. The van der Waals surface area contributed by atoms with E-state index in [1.54, 1.807) is 0 Å². The van der Waals surface area contributed by atoms with Gasteiger partial charge in [0.25, 0.3) is 0 Å². The third-order valence-corrected chi connectivity index (χ3v) is 2.97. The smallest absolute Gasteiger partial charge is 0.0446 e. The van der Waals surface area contributed by atoms with E-state index in [-0.39, 0.29) is 6.61 Å². The number of nitrogens with one attached hydrogen (secondary N) is 1. The second kappa shape index (κ2) is 5.94. The van der Waals surface area contributed by atoms with Crippen molar-refractivity contribution in [1.29, 1.82) is 0 Å². The van der Waals surface area contributed by atoms with E-state index in [9.17, 15) is 0 Å². The molecule has 0 amide bonds. The lowest BCUT2D eigenvalue weighted by Gasteiger charge is -2.33. The van der Waals surface area contributed by atoms with Gasteiger partial charge >= 0.3 is 0 Å². The van der Waals surface area contributed by atoms with Crippen LogP contribution in [0.2, 0.25) is 0 Å². The van der Waals surface area contributed by atoms with Crippen LogP contribution in [0.3, 0.4) is 0 Å². The lowest BCUT2D eigenvalue weighted by Crippen LogP contribution is -2.50. The monoisotopic (exact) mass is 221 g/mol. The number of hydrogen-bond donors (Lipinski definition) is 2. The highest BCUT2D eigenvalue weighted by Crippen LogP contribution is 2.07. The van der Waals surface area contributed by atoms with Crippen LogP contribution in [-0.4, -0.2) is 47.3 Å². The van der Waals surface area contributed by atoms with Gasteiger partial charge in [0.15, 0.2) is 0 Å². The molecule has 16 heavy (non-hydrogen) atoms. The second-order valence-electron chi connectivity index (χ2n) is 4.25. The van der Waals surface area contributed by atoms with E-state index >= 15 is 0 Å². The second-order valence-corrected chi connectivity index (χ2v) is 4.25. The molecule has 1 fully saturated rings. The standard InChI is InChI=1S/C12H19N3O/c16-8-3-12-10-15(7-6-14-12)9-11-1-4-13-5-2-11/h1-2,4-5,12,14,16H,3,6-10H2. The third-order valence-electron chi connectivity index (χ3n) is 2.97. The van der Waals surface area contributed by atoms with Gasteiger partial charge in [-0.25, -0.2) is 0 Å². The molecule has 4 nitrogen and oxygen atoms in total. The van der Waals surface area contributed by atoms with Gasteiger partial charge in [0.05, 0.1) is 0 Å². The molecule has 0 aliphatic carbocycles. The lowest BCUT2D eigenvalue weighted by atomic mass is 10.1. The van der Waals surface area contributed by atoms with Gasteiger partial charge in [-0.15, -0.1) is 0 Å². The molecule has 1 aromatic heterocycles. The van der Waals surface area contributed by atoms with Crippen molar-refractivity contribution in [2.24, 2.45) is 0 Å². The van der Waals surface area contributed by atoms with Crippen molar-refractivity contribution < 1.29 is 5.11 Å². The van der Waals surface area contributed by atoms with E-state index in [1.165, 1.54) is 5.56 Å². The molecule has 1 aliphatic rings. The molecule has 4 heteroatoms. The van der Waals surface area contributed by atoms with Crippen LogP contribution in [0.1, 0.15) is 12.0 Å². The fourth-order valence-corrected chi connectivity index (χ4v) is 2.13. The van der Waals surface area contributed by atoms with Crippen LogP contribution >= 0.6 is 0 Å². The van der Waals surface area contributed by atoms with Gasteiger partial charge in [-0.05, 0) is 24.1 Å². The average Bonchev–Trinajstić information content (AvgIpc) is 2.31. The van der Waals surface area contributed by atoms with Gasteiger partial charge in [-0.3, -0.25) is 9.88 Å². The summed E-state index contributed by atoms with van der Waals surface area (Å²) in [5.41, 5.74) is 1.31.